The second kappa shape index (κ2) is 9.78. The zero-order valence-corrected chi connectivity index (χ0v) is 18.0. The molecule has 0 aliphatic carbocycles. The molecule has 2 amide bonds. The first-order chi connectivity index (χ1) is 14.8. The number of ether oxygens (including phenoxy) is 1. The number of anilines is 1. The molecule has 0 unspecified atom stereocenters. The highest BCUT2D eigenvalue weighted by Gasteiger charge is 2.40. The van der Waals surface area contributed by atoms with Crippen molar-refractivity contribution >= 4 is 35.2 Å². The quantitative estimate of drug-likeness (QED) is 0.360. The molecule has 31 heavy (non-hydrogen) atoms. The first-order valence-electron chi connectivity index (χ1n) is 9.98. The molecular weight excluding hydrogens is 422 g/mol. The van der Waals surface area contributed by atoms with Gasteiger partial charge < -0.3 is 14.8 Å². The average molecular weight is 445 g/mol. The number of nitrogens with one attached hydrogen (secondary N) is 1. The first-order valence-corrected chi connectivity index (χ1v) is 10.9. The Morgan fingerprint density at radius 1 is 1.26 bits per heavy atom. The number of carbonyl (C=O) groups is 3. The largest absolute Gasteiger partial charge is 0.493 e. The molecule has 0 spiro atoms. The first kappa shape index (κ1) is 22.5. The Balaban J connectivity index is 1.75. The van der Waals surface area contributed by atoms with Crippen LogP contribution in [0.15, 0.2) is 34.2 Å². The van der Waals surface area contributed by atoms with Gasteiger partial charge in [-0.3, -0.25) is 14.4 Å². The fourth-order valence-electron chi connectivity index (χ4n) is 3.16. The Morgan fingerprint density at radius 3 is 2.58 bits per heavy atom. The van der Waals surface area contributed by atoms with Gasteiger partial charge in [-0.2, -0.15) is 4.98 Å². The molecule has 1 aliphatic heterocycles. The normalized spacial score (nSPS) is 16.1. The summed E-state index contributed by atoms with van der Waals surface area (Å²) in [5.41, 5.74) is 0.413. The van der Waals surface area contributed by atoms with Crippen LogP contribution in [0.3, 0.4) is 0 Å². The van der Waals surface area contributed by atoms with E-state index in [1.54, 1.807) is 6.92 Å². The maximum Gasteiger partial charge on any atom is 0.338 e. The number of rotatable bonds is 8. The van der Waals surface area contributed by atoms with Crippen LogP contribution in [-0.4, -0.2) is 44.7 Å². The van der Waals surface area contributed by atoms with E-state index in [1.165, 1.54) is 24.3 Å². The Hall–Kier alpha value is -3.14. The monoisotopic (exact) mass is 445 g/mol. The number of hydrogen-bond acceptors (Lipinski definition) is 8. The fraction of sp³-hybridized carbons (Fsp3) is 0.381. The van der Waals surface area contributed by atoms with Gasteiger partial charge in [0.15, 0.2) is 5.16 Å². The van der Waals surface area contributed by atoms with E-state index in [4.69, 9.17) is 4.74 Å². The lowest BCUT2D eigenvalue weighted by atomic mass is 10.1. The van der Waals surface area contributed by atoms with Gasteiger partial charge in [0, 0.05) is 6.42 Å². The third-order valence-electron chi connectivity index (χ3n) is 4.75. The highest BCUT2D eigenvalue weighted by Crippen LogP contribution is 2.33. The number of hydrogen-bond donors (Lipinski definition) is 2. The van der Waals surface area contributed by atoms with Crippen molar-refractivity contribution in [3.8, 4) is 5.88 Å². The van der Waals surface area contributed by atoms with Crippen LogP contribution in [0.2, 0.25) is 0 Å². The van der Waals surface area contributed by atoms with Gasteiger partial charge in [0.05, 0.1) is 23.4 Å². The molecule has 0 bridgehead atoms. The Bertz CT molecular complexity index is 1050. The van der Waals surface area contributed by atoms with Crippen molar-refractivity contribution in [2.75, 3.05) is 11.5 Å². The highest BCUT2D eigenvalue weighted by atomic mass is 32.2. The standard InChI is InChI=1S/C21H23N3O6S/c1-3-5-6-14-17(26)22-21(23-18(14)27)31-15-11-16(25)24(19(15)28)13-9-7-12(8-10-13)20(29)30-4-2/h7-10,15H,3-6,11H2,1-2H3,(H2,22,23,26,27)/t15-/m0/s1. The number of thioether (sulfide) groups is 1. The summed E-state index contributed by atoms with van der Waals surface area (Å²) < 4.78 is 4.92. The van der Waals surface area contributed by atoms with Crippen LogP contribution >= 0.6 is 11.8 Å². The highest BCUT2D eigenvalue weighted by molar-refractivity contribution is 8.00. The number of aromatic hydroxyl groups is 1. The maximum absolute atomic E-state index is 12.8. The Morgan fingerprint density at radius 2 is 1.97 bits per heavy atom. The Labute approximate surface area is 182 Å². The number of aromatic amines is 1. The lowest BCUT2D eigenvalue weighted by Crippen LogP contribution is -2.31. The van der Waals surface area contributed by atoms with Gasteiger partial charge in [0.25, 0.3) is 5.56 Å². The zero-order valence-electron chi connectivity index (χ0n) is 17.2. The fourth-order valence-corrected chi connectivity index (χ4v) is 4.16. The summed E-state index contributed by atoms with van der Waals surface area (Å²) in [6.45, 7) is 3.92. The number of aromatic nitrogens is 2. The topological polar surface area (TPSA) is 130 Å². The van der Waals surface area contributed by atoms with Crippen LogP contribution in [0.1, 0.15) is 49.0 Å². The number of imide groups is 1. The summed E-state index contributed by atoms with van der Waals surface area (Å²) >= 11 is 0.924. The van der Waals surface area contributed by atoms with Crippen molar-refractivity contribution in [2.24, 2.45) is 0 Å². The van der Waals surface area contributed by atoms with Gasteiger partial charge in [0.2, 0.25) is 17.7 Å². The third kappa shape index (κ3) is 4.96. The summed E-state index contributed by atoms with van der Waals surface area (Å²) in [5.74, 6) is -1.71. The molecule has 3 rings (SSSR count). The van der Waals surface area contributed by atoms with Crippen LogP contribution in [0, 0.1) is 0 Å². The zero-order chi connectivity index (χ0) is 22.5. The summed E-state index contributed by atoms with van der Waals surface area (Å²) in [7, 11) is 0. The second-order valence-electron chi connectivity index (χ2n) is 6.92. The maximum atomic E-state index is 12.8. The minimum Gasteiger partial charge on any atom is -0.493 e. The van der Waals surface area contributed by atoms with Crippen molar-refractivity contribution in [1.29, 1.82) is 0 Å². The minimum absolute atomic E-state index is 0.0772. The number of nitrogens with zero attached hydrogens (tertiary/aromatic N) is 2. The van der Waals surface area contributed by atoms with E-state index in [0.29, 0.717) is 17.7 Å². The van der Waals surface area contributed by atoms with Gasteiger partial charge in [-0.25, -0.2) is 9.69 Å². The predicted molar refractivity (Wildman–Crippen MR) is 114 cm³/mol. The van der Waals surface area contributed by atoms with E-state index in [9.17, 15) is 24.3 Å². The van der Waals surface area contributed by atoms with Gasteiger partial charge in [-0.1, -0.05) is 25.1 Å². The number of amides is 2. The van der Waals surface area contributed by atoms with Crippen molar-refractivity contribution < 1.29 is 24.2 Å². The number of benzene rings is 1. The molecule has 164 valence electrons. The Kier molecular flexibility index (Phi) is 7.11. The van der Waals surface area contributed by atoms with E-state index in [0.717, 1.165) is 29.5 Å². The van der Waals surface area contributed by atoms with E-state index in [2.05, 4.69) is 9.97 Å². The molecule has 9 nitrogen and oxygen atoms in total. The molecular formula is C21H23N3O6S. The predicted octanol–water partition coefficient (Wildman–Crippen LogP) is 2.42. The van der Waals surface area contributed by atoms with Crippen molar-refractivity contribution in [1.82, 2.24) is 9.97 Å². The van der Waals surface area contributed by atoms with Crippen molar-refractivity contribution in [2.45, 2.75) is 49.9 Å². The summed E-state index contributed by atoms with van der Waals surface area (Å²) in [4.78, 5) is 56.9. The molecule has 10 heteroatoms. The third-order valence-corrected chi connectivity index (χ3v) is 5.82. The van der Waals surface area contributed by atoms with Crippen LogP contribution in [-0.2, 0) is 20.7 Å². The van der Waals surface area contributed by atoms with Gasteiger partial charge >= 0.3 is 5.97 Å². The molecule has 0 saturated carbocycles. The van der Waals surface area contributed by atoms with Gasteiger partial charge in [-0.05, 0) is 44.0 Å². The summed E-state index contributed by atoms with van der Waals surface area (Å²) in [6.07, 6.45) is 1.94. The SMILES string of the molecule is CCCCc1c(O)nc(S[C@H]2CC(=O)N(c3ccc(C(=O)OCC)cc3)C2=O)[nH]c1=O. The molecule has 1 atom stereocenters. The number of H-pyrrole nitrogens is 1. The van der Waals surface area contributed by atoms with Gasteiger partial charge in [0.1, 0.15) is 5.25 Å². The number of unbranched alkanes of at least 4 members (excludes halogenated alkanes) is 1. The van der Waals surface area contributed by atoms with Crippen LogP contribution in [0.25, 0.3) is 0 Å². The molecule has 0 radical (unpaired) electrons. The van der Waals surface area contributed by atoms with Crippen molar-refractivity contribution in [3.63, 3.8) is 0 Å². The molecule has 1 aromatic carbocycles. The molecule has 1 saturated heterocycles. The lowest BCUT2D eigenvalue weighted by molar-refractivity contribution is -0.121. The van der Waals surface area contributed by atoms with E-state index in [-0.39, 0.29) is 29.6 Å². The smallest absolute Gasteiger partial charge is 0.338 e. The average Bonchev–Trinajstić information content (AvgIpc) is 3.00. The van der Waals surface area contributed by atoms with Crippen molar-refractivity contribution in [3.05, 3.63) is 45.7 Å². The second-order valence-corrected chi connectivity index (χ2v) is 8.11. The summed E-state index contributed by atoms with van der Waals surface area (Å²) in [5, 5.41) is 9.37. The van der Waals surface area contributed by atoms with E-state index < -0.39 is 28.6 Å². The van der Waals surface area contributed by atoms with E-state index in [1.807, 2.05) is 6.92 Å². The summed E-state index contributed by atoms with van der Waals surface area (Å²) in [6, 6.07) is 5.98. The molecule has 1 aliphatic rings. The number of carbonyl (C=O) groups excluding carboxylic acids is 3. The van der Waals surface area contributed by atoms with Gasteiger partial charge in [-0.15, -0.1) is 0 Å². The van der Waals surface area contributed by atoms with Crippen LogP contribution in [0.5, 0.6) is 5.88 Å². The van der Waals surface area contributed by atoms with E-state index >= 15 is 0 Å². The molecule has 2 N–H and O–H groups in total. The minimum atomic E-state index is -0.790. The molecule has 1 fully saturated rings. The molecule has 2 heterocycles. The van der Waals surface area contributed by atoms with Crippen LogP contribution in [0.4, 0.5) is 5.69 Å². The van der Waals surface area contributed by atoms with Crippen LogP contribution < -0.4 is 10.5 Å². The molecule has 1 aromatic heterocycles. The number of esters is 1. The lowest BCUT2D eigenvalue weighted by Gasteiger charge is -2.15. The molecule has 2 aromatic rings.